The standard InChI is InChI=1S/C10H24N2/c1-3-5-7-10(12)9(8-11)6-4-2/h9-10H,3-8,11-12H2,1-2H3. The van der Waals surface area contributed by atoms with E-state index in [1.165, 1.54) is 25.7 Å². The van der Waals surface area contributed by atoms with Gasteiger partial charge in [0.2, 0.25) is 0 Å². The summed E-state index contributed by atoms with van der Waals surface area (Å²) >= 11 is 0. The Morgan fingerprint density at radius 3 is 2.17 bits per heavy atom. The molecule has 12 heavy (non-hydrogen) atoms. The number of rotatable bonds is 7. The average molecular weight is 172 g/mol. The quantitative estimate of drug-likeness (QED) is 0.616. The van der Waals surface area contributed by atoms with Gasteiger partial charge in [-0.25, -0.2) is 0 Å². The van der Waals surface area contributed by atoms with Gasteiger partial charge in [-0.3, -0.25) is 0 Å². The van der Waals surface area contributed by atoms with Crippen LogP contribution in [0, 0.1) is 5.92 Å². The summed E-state index contributed by atoms with van der Waals surface area (Å²) in [6, 6.07) is 0.329. The third-order valence-electron chi connectivity index (χ3n) is 2.46. The van der Waals surface area contributed by atoms with Crippen molar-refractivity contribution >= 4 is 0 Å². The first-order valence-corrected chi connectivity index (χ1v) is 5.21. The first kappa shape index (κ1) is 11.9. The molecule has 0 amide bonds. The molecule has 0 spiro atoms. The molecular weight excluding hydrogens is 148 g/mol. The number of hydrogen-bond donors (Lipinski definition) is 2. The summed E-state index contributed by atoms with van der Waals surface area (Å²) in [6.45, 7) is 5.14. The molecule has 0 heterocycles. The highest BCUT2D eigenvalue weighted by Gasteiger charge is 2.13. The molecule has 4 N–H and O–H groups in total. The van der Waals surface area contributed by atoms with Crippen molar-refractivity contribution in [3.05, 3.63) is 0 Å². The Morgan fingerprint density at radius 1 is 1.08 bits per heavy atom. The first-order valence-electron chi connectivity index (χ1n) is 5.21. The molecule has 0 aliphatic rings. The topological polar surface area (TPSA) is 52.0 Å². The minimum atomic E-state index is 0.329. The van der Waals surface area contributed by atoms with Crippen molar-refractivity contribution in [2.45, 2.75) is 52.0 Å². The monoisotopic (exact) mass is 172 g/mol. The average Bonchev–Trinajstić information content (AvgIpc) is 2.10. The molecule has 0 radical (unpaired) electrons. The van der Waals surface area contributed by atoms with E-state index < -0.39 is 0 Å². The fourth-order valence-electron chi connectivity index (χ4n) is 1.55. The van der Waals surface area contributed by atoms with E-state index in [2.05, 4.69) is 13.8 Å². The summed E-state index contributed by atoms with van der Waals surface area (Å²) < 4.78 is 0. The minimum Gasteiger partial charge on any atom is -0.330 e. The Morgan fingerprint density at radius 2 is 1.75 bits per heavy atom. The second-order valence-corrected chi connectivity index (χ2v) is 3.59. The van der Waals surface area contributed by atoms with Crippen LogP contribution in [0.3, 0.4) is 0 Å². The summed E-state index contributed by atoms with van der Waals surface area (Å²) in [4.78, 5) is 0. The first-order chi connectivity index (χ1) is 5.76. The van der Waals surface area contributed by atoms with Gasteiger partial charge in [0.15, 0.2) is 0 Å². The lowest BCUT2D eigenvalue weighted by Crippen LogP contribution is -2.34. The molecule has 0 fully saturated rings. The molecule has 0 aliphatic carbocycles. The third-order valence-corrected chi connectivity index (χ3v) is 2.46. The van der Waals surface area contributed by atoms with Gasteiger partial charge in [-0.05, 0) is 25.3 Å². The zero-order chi connectivity index (χ0) is 9.40. The van der Waals surface area contributed by atoms with E-state index in [-0.39, 0.29) is 0 Å². The Labute approximate surface area is 76.7 Å². The van der Waals surface area contributed by atoms with Crippen LogP contribution in [0.15, 0.2) is 0 Å². The van der Waals surface area contributed by atoms with Crippen molar-refractivity contribution in [3.63, 3.8) is 0 Å². The lowest BCUT2D eigenvalue weighted by molar-refractivity contribution is 0.373. The highest BCUT2D eigenvalue weighted by molar-refractivity contribution is 4.73. The third kappa shape index (κ3) is 4.73. The summed E-state index contributed by atoms with van der Waals surface area (Å²) in [5, 5.41) is 0. The van der Waals surface area contributed by atoms with Crippen LogP contribution in [0.1, 0.15) is 46.0 Å². The van der Waals surface area contributed by atoms with Crippen LogP contribution in [0.4, 0.5) is 0 Å². The van der Waals surface area contributed by atoms with Crippen molar-refractivity contribution in [1.29, 1.82) is 0 Å². The van der Waals surface area contributed by atoms with Crippen LogP contribution in [0.5, 0.6) is 0 Å². The lowest BCUT2D eigenvalue weighted by Gasteiger charge is -2.21. The number of unbranched alkanes of at least 4 members (excludes halogenated alkanes) is 1. The van der Waals surface area contributed by atoms with E-state index in [4.69, 9.17) is 11.5 Å². The van der Waals surface area contributed by atoms with Crippen LogP contribution in [0.25, 0.3) is 0 Å². The van der Waals surface area contributed by atoms with Gasteiger partial charge in [0, 0.05) is 6.04 Å². The van der Waals surface area contributed by atoms with E-state index in [9.17, 15) is 0 Å². The maximum atomic E-state index is 6.02. The zero-order valence-electron chi connectivity index (χ0n) is 8.55. The van der Waals surface area contributed by atoms with Crippen LogP contribution in [-0.4, -0.2) is 12.6 Å². The van der Waals surface area contributed by atoms with Crippen molar-refractivity contribution in [2.24, 2.45) is 17.4 Å². The van der Waals surface area contributed by atoms with Crippen LogP contribution in [-0.2, 0) is 0 Å². The largest absolute Gasteiger partial charge is 0.330 e. The second kappa shape index (κ2) is 7.56. The van der Waals surface area contributed by atoms with Gasteiger partial charge >= 0.3 is 0 Å². The van der Waals surface area contributed by atoms with Crippen LogP contribution >= 0.6 is 0 Å². The second-order valence-electron chi connectivity index (χ2n) is 3.59. The van der Waals surface area contributed by atoms with E-state index in [1.54, 1.807) is 0 Å². The zero-order valence-corrected chi connectivity index (χ0v) is 8.55. The number of hydrogen-bond acceptors (Lipinski definition) is 2. The molecule has 0 bridgehead atoms. The summed E-state index contributed by atoms with van der Waals surface area (Å²) in [7, 11) is 0. The van der Waals surface area contributed by atoms with Crippen LogP contribution < -0.4 is 11.5 Å². The molecule has 2 nitrogen and oxygen atoms in total. The van der Waals surface area contributed by atoms with Gasteiger partial charge in [-0.1, -0.05) is 33.1 Å². The maximum Gasteiger partial charge on any atom is 0.00791 e. The molecule has 0 rings (SSSR count). The van der Waals surface area contributed by atoms with Gasteiger partial charge in [0.05, 0.1) is 0 Å². The van der Waals surface area contributed by atoms with Gasteiger partial charge < -0.3 is 11.5 Å². The van der Waals surface area contributed by atoms with Gasteiger partial charge in [-0.2, -0.15) is 0 Å². The SMILES string of the molecule is CCCCC(N)C(CN)CCC. The smallest absolute Gasteiger partial charge is 0.00791 e. The van der Waals surface area contributed by atoms with Crippen molar-refractivity contribution in [1.82, 2.24) is 0 Å². The van der Waals surface area contributed by atoms with Crippen molar-refractivity contribution < 1.29 is 0 Å². The molecule has 2 unspecified atom stereocenters. The van der Waals surface area contributed by atoms with Gasteiger partial charge in [0.25, 0.3) is 0 Å². The summed E-state index contributed by atoms with van der Waals surface area (Å²) in [5.41, 5.74) is 11.7. The van der Waals surface area contributed by atoms with E-state index in [1.807, 2.05) is 0 Å². The molecule has 2 atom stereocenters. The fraction of sp³-hybridized carbons (Fsp3) is 1.00. The van der Waals surface area contributed by atoms with E-state index in [0.717, 1.165) is 13.0 Å². The summed E-state index contributed by atoms with van der Waals surface area (Å²) in [5.74, 6) is 0.543. The van der Waals surface area contributed by atoms with Gasteiger partial charge in [0.1, 0.15) is 0 Å². The van der Waals surface area contributed by atoms with E-state index in [0.29, 0.717) is 12.0 Å². The van der Waals surface area contributed by atoms with Gasteiger partial charge in [-0.15, -0.1) is 0 Å². The van der Waals surface area contributed by atoms with Crippen LogP contribution in [0.2, 0.25) is 0 Å². The van der Waals surface area contributed by atoms with Crippen molar-refractivity contribution in [3.8, 4) is 0 Å². The molecule has 2 heteroatoms. The molecule has 0 aromatic heterocycles. The minimum absolute atomic E-state index is 0.329. The Bertz CT molecular complexity index is 93.8. The predicted molar refractivity (Wildman–Crippen MR) is 55.0 cm³/mol. The highest BCUT2D eigenvalue weighted by atomic mass is 14.7. The molecular formula is C10H24N2. The number of nitrogens with two attached hydrogens (primary N) is 2. The molecule has 0 aromatic carbocycles. The van der Waals surface area contributed by atoms with Crippen molar-refractivity contribution in [2.75, 3.05) is 6.54 Å². The van der Waals surface area contributed by atoms with E-state index >= 15 is 0 Å². The predicted octanol–water partition coefficient (Wildman–Crippen LogP) is 1.88. The normalized spacial score (nSPS) is 16.0. The molecule has 0 aromatic rings. The fourth-order valence-corrected chi connectivity index (χ4v) is 1.55. The highest BCUT2D eigenvalue weighted by Crippen LogP contribution is 2.13. The molecule has 74 valence electrons. The Kier molecular flexibility index (Phi) is 7.51. The molecule has 0 saturated carbocycles. The molecule has 0 aliphatic heterocycles. The lowest BCUT2D eigenvalue weighted by atomic mass is 9.92. The Hall–Kier alpha value is -0.0800. The molecule has 0 saturated heterocycles. The maximum absolute atomic E-state index is 6.02. The summed E-state index contributed by atoms with van der Waals surface area (Å²) in [6.07, 6.45) is 5.99. The Balaban J connectivity index is 3.60.